The minimum atomic E-state index is -3.82. The van der Waals surface area contributed by atoms with Gasteiger partial charge >= 0.3 is 0 Å². The Morgan fingerprint density at radius 2 is 1.96 bits per heavy atom. The maximum absolute atomic E-state index is 12.3. The Bertz CT molecular complexity index is 726. The Labute approximate surface area is 158 Å². The number of carbonyl (C=O) groups is 1. The molecule has 1 fully saturated rings. The van der Waals surface area contributed by atoms with Crippen LogP contribution in [0.4, 0.5) is 5.69 Å². The molecule has 9 nitrogen and oxygen atoms in total. The van der Waals surface area contributed by atoms with E-state index < -0.39 is 14.9 Å². The molecule has 1 aromatic rings. The number of nitrogens with zero attached hydrogens (tertiary/aromatic N) is 2. The monoisotopic (exact) mass is 406 g/mol. The van der Waals surface area contributed by atoms with Crippen molar-refractivity contribution in [3.8, 4) is 0 Å². The summed E-state index contributed by atoms with van der Waals surface area (Å²) in [6, 6.07) is 4.60. The van der Waals surface area contributed by atoms with Crippen molar-refractivity contribution in [2.24, 2.45) is 5.73 Å². The normalized spacial score (nSPS) is 17.4. The Morgan fingerprint density at radius 1 is 1.31 bits per heavy atom. The number of hydrogen-bond acceptors (Lipinski definition) is 6. The van der Waals surface area contributed by atoms with Crippen molar-refractivity contribution in [2.75, 3.05) is 19.6 Å². The van der Waals surface area contributed by atoms with Gasteiger partial charge in [0.2, 0.25) is 15.9 Å². The molecule has 1 aliphatic rings. The zero-order valence-corrected chi connectivity index (χ0v) is 15.8. The highest BCUT2D eigenvalue weighted by atomic mass is 35.5. The van der Waals surface area contributed by atoms with Crippen molar-refractivity contribution in [1.82, 2.24) is 9.62 Å². The fraction of sp³-hybridized carbons (Fsp3) is 0.533. The van der Waals surface area contributed by atoms with Gasteiger partial charge in [-0.15, -0.1) is 12.4 Å². The second-order valence-corrected chi connectivity index (χ2v) is 7.64. The summed E-state index contributed by atoms with van der Waals surface area (Å²) in [5.41, 5.74) is 5.50. The molecule has 3 N–H and O–H groups in total. The van der Waals surface area contributed by atoms with Gasteiger partial charge in [0.25, 0.3) is 5.69 Å². The van der Waals surface area contributed by atoms with Crippen LogP contribution in [0.3, 0.4) is 0 Å². The predicted octanol–water partition coefficient (Wildman–Crippen LogP) is 1.02. The lowest BCUT2D eigenvalue weighted by molar-refractivity contribution is -0.384. The van der Waals surface area contributed by atoms with Crippen LogP contribution in [-0.2, 0) is 14.8 Å². The van der Waals surface area contributed by atoms with Crippen LogP contribution in [0.1, 0.15) is 25.7 Å². The molecule has 1 amide bonds. The Balaban J connectivity index is 0.00000338. The molecule has 0 aliphatic carbocycles. The van der Waals surface area contributed by atoms with Gasteiger partial charge in [-0.2, -0.15) is 0 Å². The van der Waals surface area contributed by atoms with Gasteiger partial charge in [-0.1, -0.05) is 0 Å². The lowest BCUT2D eigenvalue weighted by atomic mass is 10.0. The van der Waals surface area contributed by atoms with E-state index in [1.807, 2.05) is 0 Å². The van der Waals surface area contributed by atoms with Crippen LogP contribution in [0.2, 0.25) is 0 Å². The molecule has 0 saturated carbocycles. The topological polar surface area (TPSA) is 136 Å². The van der Waals surface area contributed by atoms with E-state index in [1.54, 1.807) is 4.90 Å². The van der Waals surface area contributed by atoms with Gasteiger partial charge in [0.05, 0.1) is 9.82 Å². The summed E-state index contributed by atoms with van der Waals surface area (Å²) < 4.78 is 26.7. The molecular weight excluding hydrogens is 384 g/mol. The van der Waals surface area contributed by atoms with Crippen LogP contribution < -0.4 is 10.5 Å². The predicted molar refractivity (Wildman–Crippen MR) is 98.6 cm³/mol. The molecule has 0 bridgehead atoms. The summed E-state index contributed by atoms with van der Waals surface area (Å²) in [4.78, 5) is 23.9. The zero-order valence-electron chi connectivity index (χ0n) is 14.2. The van der Waals surface area contributed by atoms with Crippen molar-refractivity contribution in [2.45, 2.75) is 36.6 Å². The highest BCUT2D eigenvalue weighted by molar-refractivity contribution is 7.89. The van der Waals surface area contributed by atoms with E-state index in [0.717, 1.165) is 43.5 Å². The number of nitrogens with two attached hydrogens (primary N) is 1. The van der Waals surface area contributed by atoms with Crippen molar-refractivity contribution in [3.63, 3.8) is 0 Å². The van der Waals surface area contributed by atoms with Crippen LogP contribution >= 0.6 is 12.4 Å². The van der Waals surface area contributed by atoms with Crippen molar-refractivity contribution >= 4 is 34.0 Å². The number of likely N-dealkylation sites (tertiary alicyclic amines) is 1. The fourth-order valence-electron chi connectivity index (χ4n) is 2.84. The van der Waals surface area contributed by atoms with Gasteiger partial charge in [-0.25, -0.2) is 13.1 Å². The van der Waals surface area contributed by atoms with Crippen LogP contribution in [0.5, 0.6) is 0 Å². The number of halogens is 1. The summed E-state index contributed by atoms with van der Waals surface area (Å²) in [6.45, 7) is 1.02. The molecule has 0 spiro atoms. The first-order valence-corrected chi connectivity index (χ1v) is 9.57. The number of non-ortho nitro benzene ring substituents is 1. The SMILES string of the molecule is Cl.NCC1CCCCN1C(=O)CCNS(=O)(=O)c1ccc([N+](=O)[O-])cc1. The fourth-order valence-corrected chi connectivity index (χ4v) is 3.87. The Kier molecular flexibility index (Phi) is 8.41. The van der Waals surface area contributed by atoms with E-state index in [4.69, 9.17) is 5.73 Å². The van der Waals surface area contributed by atoms with Gasteiger partial charge in [-0.3, -0.25) is 14.9 Å². The van der Waals surface area contributed by atoms with Crippen LogP contribution in [0.25, 0.3) is 0 Å². The van der Waals surface area contributed by atoms with Gasteiger partial charge < -0.3 is 10.6 Å². The van der Waals surface area contributed by atoms with Crippen molar-refractivity contribution in [3.05, 3.63) is 34.4 Å². The van der Waals surface area contributed by atoms with E-state index >= 15 is 0 Å². The number of sulfonamides is 1. The first-order valence-electron chi connectivity index (χ1n) is 8.09. The van der Waals surface area contributed by atoms with Crippen LogP contribution in [0, 0.1) is 10.1 Å². The lowest BCUT2D eigenvalue weighted by Gasteiger charge is -2.35. The molecule has 1 unspecified atom stereocenters. The number of nitrogens with one attached hydrogen (secondary N) is 1. The molecule has 1 aliphatic heterocycles. The standard InChI is InChI=1S/C15H22N4O5S.ClH/c16-11-13-3-1-2-10-18(13)15(20)8-9-17-25(23,24)14-6-4-12(5-7-14)19(21)22;/h4-7,13,17H,1-3,8-11,16H2;1H. The summed E-state index contributed by atoms with van der Waals surface area (Å²) in [5, 5.41) is 10.6. The number of nitro benzene ring substituents is 1. The molecule has 146 valence electrons. The lowest BCUT2D eigenvalue weighted by Crippen LogP contribution is -2.48. The second-order valence-electron chi connectivity index (χ2n) is 5.87. The number of rotatable bonds is 7. The summed E-state index contributed by atoms with van der Waals surface area (Å²) in [6.07, 6.45) is 2.88. The highest BCUT2D eigenvalue weighted by Gasteiger charge is 2.25. The summed E-state index contributed by atoms with van der Waals surface area (Å²) in [7, 11) is -3.82. The largest absolute Gasteiger partial charge is 0.338 e. The Morgan fingerprint density at radius 3 is 2.54 bits per heavy atom. The van der Waals surface area contributed by atoms with E-state index in [2.05, 4.69) is 4.72 Å². The average Bonchev–Trinajstić information content (AvgIpc) is 2.61. The van der Waals surface area contributed by atoms with Gasteiger partial charge in [0, 0.05) is 44.2 Å². The molecular formula is C15H23ClN4O5S. The van der Waals surface area contributed by atoms with Gasteiger partial charge in [0.15, 0.2) is 0 Å². The number of hydrogen-bond donors (Lipinski definition) is 2. The Hall–Kier alpha value is -1.75. The van der Waals surface area contributed by atoms with Gasteiger partial charge in [0.1, 0.15) is 0 Å². The van der Waals surface area contributed by atoms with E-state index in [0.29, 0.717) is 13.1 Å². The first-order chi connectivity index (χ1) is 11.8. The smallest absolute Gasteiger partial charge is 0.269 e. The van der Waals surface area contributed by atoms with Crippen LogP contribution in [-0.4, -0.2) is 49.8 Å². The maximum atomic E-state index is 12.3. The summed E-state index contributed by atoms with van der Waals surface area (Å²) in [5.74, 6) is -0.124. The highest BCUT2D eigenvalue weighted by Crippen LogP contribution is 2.18. The minimum Gasteiger partial charge on any atom is -0.338 e. The summed E-state index contributed by atoms with van der Waals surface area (Å²) >= 11 is 0. The molecule has 11 heteroatoms. The molecule has 2 rings (SSSR count). The molecule has 1 aromatic carbocycles. The van der Waals surface area contributed by atoms with E-state index in [9.17, 15) is 23.3 Å². The van der Waals surface area contributed by atoms with Gasteiger partial charge in [-0.05, 0) is 31.4 Å². The zero-order chi connectivity index (χ0) is 18.4. The number of piperidine rings is 1. The number of amides is 1. The molecule has 1 heterocycles. The third-order valence-electron chi connectivity index (χ3n) is 4.21. The molecule has 1 atom stereocenters. The third kappa shape index (κ3) is 5.63. The minimum absolute atomic E-state index is 0. The number of carbonyl (C=O) groups excluding carboxylic acids is 1. The molecule has 26 heavy (non-hydrogen) atoms. The van der Waals surface area contributed by atoms with Crippen molar-refractivity contribution < 1.29 is 18.1 Å². The van der Waals surface area contributed by atoms with Crippen molar-refractivity contribution in [1.29, 1.82) is 0 Å². The van der Waals surface area contributed by atoms with E-state index in [-0.39, 0.29) is 47.9 Å². The van der Waals surface area contributed by atoms with Crippen LogP contribution in [0.15, 0.2) is 29.2 Å². The quantitative estimate of drug-likeness (QED) is 0.512. The number of benzene rings is 1. The molecule has 0 aromatic heterocycles. The average molecular weight is 407 g/mol. The third-order valence-corrected chi connectivity index (χ3v) is 5.69. The number of nitro groups is 1. The van der Waals surface area contributed by atoms with E-state index in [1.165, 1.54) is 0 Å². The first kappa shape index (κ1) is 22.3. The molecule has 0 radical (unpaired) electrons. The molecule has 1 saturated heterocycles. The maximum Gasteiger partial charge on any atom is 0.269 e. The second kappa shape index (κ2) is 9.81.